The van der Waals surface area contributed by atoms with Crippen molar-refractivity contribution in [2.75, 3.05) is 19.5 Å². The molecule has 0 saturated heterocycles. The molecule has 36 heavy (non-hydrogen) atoms. The number of aryl methyl sites for hydroxylation is 2. The number of carbonyl (C=O) groups is 1. The van der Waals surface area contributed by atoms with Crippen LogP contribution in [0.5, 0.6) is 23.3 Å². The van der Waals surface area contributed by atoms with Crippen LogP contribution in [0.3, 0.4) is 0 Å². The number of hydrogen-bond acceptors (Lipinski definition) is 6. The van der Waals surface area contributed by atoms with E-state index in [1.165, 1.54) is 0 Å². The second-order valence-electron chi connectivity index (χ2n) is 8.06. The highest BCUT2D eigenvalue weighted by Crippen LogP contribution is 2.30. The molecule has 0 saturated carbocycles. The van der Waals surface area contributed by atoms with E-state index in [2.05, 4.69) is 15.3 Å². The van der Waals surface area contributed by atoms with Crippen molar-refractivity contribution in [3.63, 3.8) is 0 Å². The van der Waals surface area contributed by atoms with Gasteiger partial charge >= 0.3 is 6.01 Å². The molecule has 7 nitrogen and oxygen atoms in total. The van der Waals surface area contributed by atoms with Crippen LogP contribution in [0.4, 0.5) is 5.69 Å². The summed E-state index contributed by atoms with van der Waals surface area (Å²) >= 11 is 0. The largest absolute Gasteiger partial charge is 0.493 e. The Kier molecular flexibility index (Phi) is 7.60. The molecular formula is C29H27N3O4. The van der Waals surface area contributed by atoms with Crippen LogP contribution in [0.15, 0.2) is 78.9 Å². The zero-order valence-corrected chi connectivity index (χ0v) is 20.6. The zero-order valence-electron chi connectivity index (χ0n) is 20.6. The number of methoxy groups -OCH3 is 2. The van der Waals surface area contributed by atoms with Crippen molar-refractivity contribution in [2.45, 2.75) is 13.8 Å². The number of hydrogen-bond donors (Lipinski definition) is 1. The summed E-state index contributed by atoms with van der Waals surface area (Å²) in [5.41, 5.74) is 4.28. The van der Waals surface area contributed by atoms with E-state index >= 15 is 0 Å². The third kappa shape index (κ3) is 6.07. The number of ether oxygens (including phenoxy) is 3. The Morgan fingerprint density at radius 3 is 2.22 bits per heavy atom. The summed E-state index contributed by atoms with van der Waals surface area (Å²) in [6.07, 6.45) is 1.82. The molecule has 0 unspecified atom stereocenters. The fourth-order valence-electron chi connectivity index (χ4n) is 3.69. The summed E-state index contributed by atoms with van der Waals surface area (Å²) in [5.74, 6) is 1.45. The molecule has 0 bridgehead atoms. The molecular weight excluding hydrogens is 454 g/mol. The molecule has 182 valence electrons. The van der Waals surface area contributed by atoms with Gasteiger partial charge < -0.3 is 19.5 Å². The first-order valence-corrected chi connectivity index (χ1v) is 11.4. The van der Waals surface area contributed by atoms with E-state index in [1.807, 2.05) is 68.5 Å². The van der Waals surface area contributed by atoms with E-state index < -0.39 is 0 Å². The molecule has 7 heteroatoms. The zero-order chi connectivity index (χ0) is 25.5. The van der Waals surface area contributed by atoms with Crippen LogP contribution in [0.2, 0.25) is 0 Å². The lowest BCUT2D eigenvalue weighted by atomic mass is 10.0. The van der Waals surface area contributed by atoms with E-state index in [9.17, 15) is 4.79 Å². The molecule has 0 aliphatic carbocycles. The Morgan fingerprint density at radius 1 is 0.806 bits per heavy atom. The van der Waals surface area contributed by atoms with E-state index in [1.54, 1.807) is 44.6 Å². The van der Waals surface area contributed by atoms with Gasteiger partial charge in [-0.3, -0.25) is 4.79 Å². The minimum Gasteiger partial charge on any atom is -0.493 e. The predicted molar refractivity (Wildman–Crippen MR) is 141 cm³/mol. The highest BCUT2D eigenvalue weighted by molar-refractivity contribution is 6.29. The molecule has 0 fully saturated rings. The van der Waals surface area contributed by atoms with Crippen LogP contribution in [0.1, 0.15) is 22.5 Å². The summed E-state index contributed by atoms with van der Waals surface area (Å²) in [6, 6.07) is 24.2. The molecule has 1 heterocycles. The number of nitrogens with zero attached hydrogens (tertiary/aromatic N) is 2. The normalized spacial score (nSPS) is 11.1. The maximum atomic E-state index is 13.5. The summed E-state index contributed by atoms with van der Waals surface area (Å²) in [4.78, 5) is 22.1. The van der Waals surface area contributed by atoms with E-state index in [0.717, 1.165) is 22.5 Å². The standard InChI is InChI=1S/C29H27N3O4/c1-19-15-20(2)31-29(30-19)36-24-12-8-11-23(18-24)32-28(33)25(22-9-6-5-7-10-22)16-21-13-14-26(34-3)27(17-21)35-4/h5-18H,1-4H3,(H,32,33)/b25-16+. The molecule has 0 aliphatic heterocycles. The maximum Gasteiger partial charge on any atom is 0.322 e. The quantitative estimate of drug-likeness (QED) is 0.243. The lowest BCUT2D eigenvalue weighted by molar-refractivity contribution is -0.111. The molecule has 1 N–H and O–H groups in total. The third-order valence-electron chi connectivity index (χ3n) is 5.31. The number of aromatic nitrogens is 2. The van der Waals surface area contributed by atoms with Gasteiger partial charge in [-0.15, -0.1) is 0 Å². The van der Waals surface area contributed by atoms with Gasteiger partial charge in [0.25, 0.3) is 5.91 Å². The third-order valence-corrected chi connectivity index (χ3v) is 5.31. The Labute approximate surface area is 210 Å². The van der Waals surface area contributed by atoms with E-state index in [0.29, 0.717) is 28.5 Å². The lowest BCUT2D eigenvalue weighted by Crippen LogP contribution is -2.13. The van der Waals surface area contributed by atoms with Gasteiger partial charge in [0.15, 0.2) is 11.5 Å². The van der Waals surface area contributed by atoms with Crippen LogP contribution in [-0.4, -0.2) is 30.1 Å². The lowest BCUT2D eigenvalue weighted by Gasteiger charge is -2.12. The number of benzene rings is 3. The molecule has 0 aliphatic rings. The van der Waals surface area contributed by atoms with Crippen LogP contribution in [0.25, 0.3) is 11.6 Å². The number of carbonyl (C=O) groups excluding carboxylic acids is 1. The van der Waals surface area contributed by atoms with Crippen molar-refractivity contribution in [1.82, 2.24) is 9.97 Å². The van der Waals surface area contributed by atoms with Crippen molar-refractivity contribution in [2.24, 2.45) is 0 Å². The monoisotopic (exact) mass is 481 g/mol. The van der Waals surface area contributed by atoms with Gasteiger partial charge in [-0.2, -0.15) is 0 Å². The predicted octanol–water partition coefficient (Wildman–Crippen LogP) is 6.08. The first-order chi connectivity index (χ1) is 17.4. The molecule has 3 aromatic carbocycles. The second kappa shape index (κ2) is 11.2. The topological polar surface area (TPSA) is 82.6 Å². The van der Waals surface area contributed by atoms with Crippen LogP contribution in [-0.2, 0) is 4.79 Å². The Hall–Kier alpha value is -4.65. The summed E-state index contributed by atoms with van der Waals surface area (Å²) in [5, 5.41) is 2.98. The van der Waals surface area contributed by atoms with Crippen molar-refractivity contribution in [3.05, 3.63) is 101 Å². The molecule has 4 aromatic rings. The van der Waals surface area contributed by atoms with Gasteiger partial charge in [-0.25, -0.2) is 9.97 Å². The Bertz CT molecular complexity index is 1380. The summed E-state index contributed by atoms with van der Waals surface area (Å²) in [7, 11) is 3.16. The molecule has 0 atom stereocenters. The SMILES string of the molecule is COc1ccc(/C=C(/C(=O)Nc2cccc(Oc3nc(C)cc(C)n3)c2)c2ccccc2)cc1OC. The molecule has 1 amide bonds. The summed E-state index contributed by atoms with van der Waals surface area (Å²) in [6.45, 7) is 3.77. The number of anilines is 1. The van der Waals surface area contributed by atoms with Crippen molar-refractivity contribution >= 4 is 23.2 Å². The first kappa shape index (κ1) is 24.5. The smallest absolute Gasteiger partial charge is 0.322 e. The van der Waals surface area contributed by atoms with Crippen LogP contribution < -0.4 is 19.5 Å². The van der Waals surface area contributed by atoms with Crippen molar-refractivity contribution in [3.8, 4) is 23.3 Å². The van der Waals surface area contributed by atoms with Crippen LogP contribution in [0, 0.1) is 13.8 Å². The van der Waals surface area contributed by atoms with Gasteiger partial charge in [0.05, 0.1) is 14.2 Å². The minimum absolute atomic E-state index is 0.259. The van der Waals surface area contributed by atoms with Gasteiger partial charge in [0.2, 0.25) is 0 Å². The molecule has 0 radical (unpaired) electrons. The van der Waals surface area contributed by atoms with Crippen LogP contribution >= 0.6 is 0 Å². The molecule has 0 spiro atoms. The van der Waals surface area contributed by atoms with E-state index in [4.69, 9.17) is 14.2 Å². The molecule has 4 rings (SSSR count). The van der Waals surface area contributed by atoms with Gasteiger partial charge in [-0.05, 0) is 61.4 Å². The average molecular weight is 482 g/mol. The maximum absolute atomic E-state index is 13.5. The number of nitrogens with one attached hydrogen (secondary N) is 1. The first-order valence-electron chi connectivity index (χ1n) is 11.4. The highest BCUT2D eigenvalue weighted by atomic mass is 16.5. The minimum atomic E-state index is -0.268. The number of amides is 1. The van der Waals surface area contributed by atoms with Gasteiger partial charge in [-0.1, -0.05) is 42.5 Å². The summed E-state index contributed by atoms with van der Waals surface area (Å²) < 4.78 is 16.6. The average Bonchev–Trinajstić information content (AvgIpc) is 2.87. The second-order valence-corrected chi connectivity index (χ2v) is 8.06. The number of rotatable bonds is 8. The van der Waals surface area contributed by atoms with Gasteiger partial charge in [0.1, 0.15) is 5.75 Å². The fraction of sp³-hybridized carbons (Fsp3) is 0.138. The Morgan fingerprint density at radius 2 is 1.53 bits per heavy atom. The fourth-order valence-corrected chi connectivity index (χ4v) is 3.69. The highest BCUT2D eigenvalue weighted by Gasteiger charge is 2.14. The van der Waals surface area contributed by atoms with Gasteiger partial charge in [0, 0.05) is 28.7 Å². The van der Waals surface area contributed by atoms with Crippen molar-refractivity contribution in [1.29, 1.82) is 0 Å². The van der Waals surface area contributed by atoms with E-state index in [-0.39, 0.29) is 11.9 Å². The molecule has 1 aromatic heterocycles. The van der Waals surface area contributed by atoms with Crippen molar-refractivity contribution < 1.29 is 19.0 Å². The Balaban J connectivity index is 1.62.